The Balaban J connectivity index is 0.000000361. The predicted molar refractivity (Wildman–Crippen MR) is 111 cm³/mol. The van der Waals surface area contributed by atoms with Gasteiger partial charge in [-0.3, -0.25) is 4.55 Å². The Kier molecular flexibility index (Phi) is 12.3. The van der Waals surface area contributed by atoms with Crippen LogP contribution in [0.5, 0.6) is 0 Å². The van der Waals surface area contributed by atoms with Gasteiger partial charge in [0.2, 0.25) is 0 Å². The molecule has 3 aromatic rings. The molecule has 158 valence electrons. The van der Waals surface area contributed by atoms with Gasteiger partial charge in [-0.15, -0.1) is 0 Å². The molecule has 0 unspecified atom stereocenters. The summed E-state index contributed by atoms with van der Waals surface area (Å²) >= 11 is 0. The highest BCUT2D eigenvalue weighted by Crippen LogP contribution is 2.20. The van der Waals surface area contributed by atoms with Gasteiger partial charge in [-0.2, -0.15) is 21.6 Å². The van der Waals surface area contributed by atoms with Crippen LogP contribution in [0, 0.1) is 20.8 Å². The minimum atomic E-state index is -5.84. The first-order chi connectivity index (χ1) is 13.4. The van der Waals surface area contributed by atoms with E-state index in [9.17, 15) is 13.2 Å². The van der Waals surface area contributed by atoms with Gasteiger partial charge in [-0.1, -0.05) is 108 Å². The van der Waals surface area contributed by atoms with Crippen molar-refractivity contribution >= 4 is 10.1 Å². The molecule has 0 radical (unpaired) electrons. The van der Waals surface area contributed by atoms with Gasteiger partial charge in [0.25, 0.3) is 0 Å². The van der Waals surface area contributed by atoms with Crippen LogP contribution in [0.25, 0.3) is 0 Å². The molecule has 0 saturated carbocycles. The highest BCUT2D eigenvalue weighted by molar-refractivity contribution is 7.86. The molecule has 3 aromatic carbocycles. The third-order valence-electron chi connectivity index (χ3n) is 3.11. The summed E-state index contributed by atoms with van der Waals surface area (Å²) in [7, 11) is -5.84. The maximum atomic E-state index is 10.7. The summed E-state index contributed by atoms with van der Waals surface area (Å²) in [4.78, 5) is 0. The molecule has 0 aliphatic heterocycles. The lowest BCUT2D eigenvalue weighted by atomic mass is 10.2. The number of hydrogen-bond donors (Lipinski definition) is 1. The van der Waals surface area contributed by atoms with E-state index in [1.807, 2.05) is 54.6 Å². The fraction of sp³-hybridized carbons (Fsp3) is 0.182. The average molecular weight is 427 g/mol. The summed E-state index contributed by atoms with van der Waals surface area (Å²) in [5.74, 6) is 0. The van der Waals surface area contributed by atoms with Crippen LogP contribution in [-0.2, 0) is 10.1 Å². The standard InChI is InChI=1S/3C7H8.CHF3O3S/c3*1-7-5-3-2-4-6-7;2-1(3,4)8(5,6)7/h3*2-6H,1H3;(H,5,6,7). The Morgan fingerprint density at radius 3 is 0.828 bits per heavy atom. The van der Waals surface area contributed by atoms with Crippen molar-refractivity contribution in [3.8, 4) is 0 Å². The molecule has 7 heteroatoms. The summed E-state index contributed by atoms with van der Waals surface area (Å²) in [5.41, 5.74) is -1.57. The molecule has 0 aromatic heterocycles. The maximum absolute atomic E-state index is 10.7. The first kappa shape index (κ1) is 26.4. The van der Waals surface area contributed by atoms with Gasteiger partial charge in [0.15, 0.2) is 0 Å². The van der Waals surface area contributed by atoms with Gasteiger partial charge in [-0.25, -0.2) is 0 Å². The highest BCUT2D eigenvalue weighted by atomic mass is 32.2. The van der Waals surface area contributed by atoms with E-state index < -0.39 is 15.6 Å². The lowest BCUT2D eigenvalue weighted by molar-refractivity contribution is -0.0510. The Morgan fingerprint density at radius 2 is 0.759 bits per heavy atom. The quantitative estimate of drug-likeness (QED) is 0.335. The minimum absolute atomic E-state index is 1.32. The van der Waals surface area contributed by atoms with E-state index in [-0.39, 0.29) is 0 Å². The van der Waals surface area contributed by atoms with Gasteiger partial charge < -0.3 is 0 Å². The van der Waals surface area contributed by atoms with Crippen LogP contribution in [0.2, 0.25) is 0 Å². The Hall–Kier alpha value is -2.64. The van der Waals surface area contributed by atoms with Crippen molar-refractivity contribution < 1.29 is 26.1 Å². The van der Waals surface area contributed by atoms with Gasteiger partial charge in [0, 0.05) is 0 Å². The molecule has 0 bridgehead atoms. The van der Waals surface area contributed by atoms with Gasteiger partial charge in [0.1, 0.15) is 0 Å². The van der Waals surface area contributed by atoms with Crippen molar-refractivity contribution in [3.05, 3.63) is 108 Å². The van der Waals surface area contributed by atoms with Gasteiger partial charge >= 0.3 is 15.6 Å². The number of halogens is 3. The number of rotatable bonds is 0. The van der Waals surface area contributed by atoms with E-state index in [4.69, 9.17) is 13.0 Å². The van der Waals surface area contributed by atoms with Crippen LogP contribution in [0.15, 0.2) is 91.0 Å². The molecule has 0 aliphatic carbocycles. The van der Waals surface area contributed by atoms with Crippen molar-refractivity contribution in [2.45, 2.75) is 26.3 Å². The summed E-state index contributed by atoms with van der Waals surface area (Å²) in [6, 6.07) is 30.8. The molecule has 0 heterocycles. The van der Waals surface area contributed by atoms with Crippen LogP contribution in [0.3, 0.4) is 0 Å². The van der Waals surface area contributed by atoms with Crippen LogP contribution < -0.4 is 0 Å². The molecular formula is C22H25F3O3S. The van der Waals surface area contributed by atoms with Crippen LogP contribution >= 0.6 is 0 Å². The Labute approximate surface area is 170 Å². The number of alkyl halides is 3. The number of benzene rings is 3. The zero-order valence-corrected chi connectivity index (χ0v) is 17.3. The molecule has 0 atom stereocenters. The van der Waals surface area contributed by atoms with Crippen LogP contribution in [0.4, 0.5) is 13.2 Å². The predicted octanol–water partition coefficient (Wildman–Crippen LogP) is 6.38. The summed E-state index contributed by atoms with van der Waals surface area (Å²) in [5, 5.41) is 0. The smallest absolute Gasteiger partial charge is 0.279 e. The lowest BCUT2D eigenvalue weighted by Crippen LogP contribution is -2.21. The number of aryl methyl sites for hydroxylation is 3. The molecule has 0 saturated heterocycles. The Morgan fingerprint density at radius 1 is 0.586 bits per heavy atom. The summed E-state index contributed by atoms with van der Waals surface area (Å²) < 4.78 is 57.5. The van der Waals surface area contributed by atoms with Crippen LogP contribution in [-0.4, -0.2) is 18.5 Å². The normalized spacial score (nSPS) is 10.2. The molecule has 1 N–H and O–H groups in total. The minimum Gasteiger partial charge on any atom is -0.279 e. The van der Waals surface area contributed by atoms with Gasteiger partial charge in [0.05, 0.1) is 0 Å². The fourth-order valence-electron chi connectivity index (χ4n) is 1.60. The third kappa shape index (κ3) is 15.0. The first-order valence-electron chi connectivity index (χ1n) is 8.52. The van der Waals surface area contributed by atoms with E-state index in [1.54, 1.807) is 0 Å². The largest absolute Gasteiger partial charge is 0.522 e. The van der Waals surface area contributed by atoms with Crippen molar-refractivity contribution in [1.29, 1.82) is 0 Å². The molecule has 29 heavy (non-hydrogen) atoms. The average Bonchev–Trinajstić information content (AvgIpc) is 2.64. The second-order valence-electron chi connectivity index (χ2n) is 5.88. The second-order valence-corrected chi connectivity index (χ2v) is 7.30. The second kappa shape index (κ2) is 13.5. The summed E-state index contributed by atoms with van der Waals surface area (Å²) in [6.07, 6.45) is 0. The zero-order chi connectivity index (χ0) is 22.3. The van der Waals surface area contributed by atoms with E-state index >= 15 is 0 Å². The van der Waals surface area contributed by atoms with Crippen molar-refractivity contribution in [3.63, 3.8) is 0 Å². The molecule has 0 amide bonds. The molecule has 3 rings (SSSR count). The van der Waals surface area contributed by atoms with Crippen molar-refractivity contribution in [1.82, 2.24) is 0 Å². The Bertz CT molecular complexity index is 792. The monoisotopic (exact) mass is 426 g/mol. The van der Waals surface area contributed by atoms with Crippen molar-refractivity contribution in [2.24, 2.45) is 0 Å². The molecular weight excluding hydrogens is 401 g/mol. The maximum Gasteiger partial charge on any atom is 0.522 e. The summed E-state index contributed by atoms with van der Waals surface area (Å²) in [6.45, 7) is 6.25. The van der Waals surface area contributed by atoms with E-state index in [0.29, 0.717) is 0 Å². The molecule has 0 aliphatic rings. The fourth-order valence-corrected chi connectivity index (χ4v) is 1.60. The third-order valence-corrected chi connectivity index (χ3v) is 3.70. The van der Waals surface area contributed by atoms with Crippen LogP contribution in [0.1, 0.15) is 16.7 Å². The van der Waals surface area contributed by atoms with E-state index in [1.165, 1.54) is 16.7 Å². The first-order valence-corrected chi connectivity index (χ1v) is 9.96. The molecule has 0 fully saturated rings. The molecule has 3 nitrogen and oxygen atoms in total. The highest BCUT2D eigenvalue weighted by Gasteiger charge is 2.44. The lowest BCUT2D eigenvalue weighted by Gasteiger charge is -1.97. The molecule has 0 spiro atoms. The topological polar surface area (TPSA) is 54.4 Å². The SMILES string of the molecule is Cc1ccccc1.Cc1ccccc1.Cc1ccccc1.O=S(=O)(O)C(F)(F)F. The number of hydrogen-bond acceptors (Lipinski definition) is 2. The zero-order valence-electron chi connectivity index (χ0n) is 16.5. The van der Waals surface area contributed by atoms with E-state index in [0.717, 1.165) is 0 Å². The van der Waals surface area contributed by atoms with Crippen molar-refractivity contribution in [2.75, 3.05) is 0 Å². The van der Waals surface area contributed by atoms with E-state index in [2.05, 4.69) is 57.2 Å². The van der Waals surface area contributed by atoms with Gasteiger partial charge in [-0.05, 0) is 20.8 Å².